The fourth-order valence-corrected chi connectivity index (χ4v) is 6.65. The highest BCUT2D eigenvalue weighted by atomic mass is 14.7. The summed E-state index contributed by atoms with van der Waals surface area (Å²) in [7, 11) is 0. The Kier molecular flexibility index (Phi) is 4.38. The van der Waals surface area contributed by atoms with Crippen molar-refractivity contribution in [2.24, 2.45) is 5.41 Å². The molecule has 1 unspecified atom stereocenters. The van der Waals surface area contributed by atoms with E-state index in [1.165, 1.54) is 93.2 Å². The lowest BCUT2D eigenvalue weighted by molar-refractivity contribution is 0.376. The van der Waals surface area contributed by atoms with E-state index in [0.717, 1.165) is 6.42 Å². The van der Waals surface area contributed by atoms with Gasteiger partial charge < -0.3 is 0 Å². The number of fused-ring (bicyclic) bond motifs is 4. The predicted octanol–water partition coefficient (Wildman–Crippen LogP) is 8.95. The number of hydrogen-bond acceptors (Lipinski definition) is 1. The molecule has 1 heterocycles. The topological polar surface area (TPSA) is 12.9 Å². The van der Waals surface area contributed by atoms with Gasteiger partial charge in [-0.1, -0.05) is 62.4 Å². The zero-order valence-electron chi connectivity index (χ0n) is 20.6. The average molecular weight is 444 g/mol. The van der Waals surface area contributed by atoms with Crippen LogP contribution in [-0.4, -0.2) is 4.98 Å². The highest BCUT2D eigenvalue weighted by Gasteiger charge is 2.32. The van der Waals surface area contributed by atoms with Gasteiger partial charge in [-0.05, 0) is 108 Å². The summed E-state index contributed by atoms with van der Waals surface area (Å²) in [4.78, 5) is 5.36. The van der Waals surface area contributed by atoms with E-state index in [4.69, 9.17) is 4.98 Å². The van der Waals surface area contributed by atoms with Gasteiger partial charge in [0.15, 0.2) is 0 Å². The summed E-state index contributed by atoms with van der Waals surface area (Å²) in [6.07, 6.45) is 7.52. The number of aromatic nitrogens is 1. The Labute approximate surface area is 203 Å². The molecule has 3 aromatic carbocycles. The Morgan fingerprint density at radius 2 is 1.65 bits per heavy atom. The maximum Gasteiger partial charge on any atom is 0.0786 e. The summed E-state index contributed by atoms with van der Waals surface area (Å²) >= 11 is 0. The van der Waals surface area contributed by atoms with Gasteiger partial charge in [-0.3, -0.25) is 4.98 Å². The van der Waals surface area contributed by atoms with Crippen molar-refractivity contribution < 1.29 is 0 Å². The second-order valence-electron chi connectivity index (χ2n) is 11.9. The molecule has 34 heavy (non-hydrogen) atoms. The molecule has 7 rings (SSSR count). The Bertz CT molecular complexity index is 1450. The Morgan fingerprint density at radius 1 is 0.824 bits per heavy atom. The third-order valence-electron chi connectivity index (χ3n) is 8.63. The maximum absolute atomic E-state index is 5.36. The van der Waals surface area contributed by atoms with Gasteiger partial charge in [-0.25, -0.2) is 0 Å². The largest absolute Gasteiger partial charge is 0.252 e. The molecule has 0 spiro atoms. The van der Waals surface area contributed by atoms with E-state index in [1.807, 2.05) is 0 Å². The molecule has 1 heteroatoms. The van der Waals surface area contributed by atoms with Gasteiger partial charge in [0.05, 0.1) is 5.69 Å². The third kappa shape index (κ3) is 3.32. The van der Waals surface area contributed by atoms with Crippen LogP contribution in [0.3, 0.4) is 0 Å². The van der Waals surface area contributed by atoms with Crippen molar-refractivity contribution >= 4 is 10.8 Å². The fraction of sp³-hybridized carbons (Fsp3) is 0.364. The average Bonchev–Trinajstić information content (AvgIpc) is 3.52. The molecule has 0 N–H and O–H groups in total. The van der Waals surface area contributed by atoms with Crippen LogP contribution in [0.2, 0.25) is 0 Å². The SMILES string of the molecule is Cc1cc2c(c(-c3nc(C4CC4)cc4cc(C5CCC(C)(C)C5)ccc34)c1)Cc1ccccc1-2. The van der Waals surface area contributed by atoms with Crippen LogP contribution in [0.5, 0.6) is 0 Å². The predicted molar refractivity (Wildman–Crippen MR) is 143 cm³/mol. The molecule has 0 radical (unpaired) electrons. The molecule has 4 aromatic rings. The molecule has 0 aliphatic heterocycles. The fourth-order valence-electron chi connectivity index (χ4n) is 6.65. The second kappa shape index (κ2) is 7.28. The minimum Gasteiger partial charge on any atom is -0.252 e. The zero-order chi connectivity index (χ0) is 23.0. The Hall–Kier alpha value is -2.93. The molecular formula is C33H33N. The van der Waals surface area contributed by atoms with E-state index in [1.54, 1.807) is 0 Å². The van der Waals surface area contributed by atoms with E-state index in [0.29, 0.717) is 17.3 Å². The molecule has 3 aliphatic rings. The molecule has 0 saturated heterocycles. The van der Waals surface area contributed by atoms with E-state index in [2.05, 4.69) is 81.4 Å². The third-order valence-corrected chi connectivity index (χ3v) is 8.63. The molecule has 0 bridgehead atoms. The first-order valence-corrected chi connectivity index (χ1v) is 13.1. The highest BCUT2D eigenvalue weighted by molar-refractivity contribution is 5.98. The molecular weight excluding hydrogens is 410 g/mol. The quantitative estimate of drug-likeness (QED) is 0.271. The van der Waals surface area contributed by atoms with Gasteiger partial charge in [0.25, 0.3) is 0 Å². The number of benzene rings is 3. The lowest BCUT2D eigenvalue weighted by atomic mass is 9.87. The van der Waals surface area contributed by atoms with Crippen molar-refractivity contribution in [2.75, 3.05) is 0 Å². The smallest absolute Gasteiger partial charge is 0.0786 e. The van der Waals surface area contributed by atoms with Crippen molar-refractivity contribution in [1.29, 1.82) is 0 Å². The second-order valence-corrected chi connectivity index (χ2v) is 11.9. The van der Waals surface area contributed by atoms with Crippen LogP contribution in [-0.2, 0) is 6.42 Å². The van der Waals surface area contributed by atoms with Crippen molar-refractivity contribution in [3.05, 3.63) is 88.6 Å². The molecule has 0 amide bonds. The standard InChI is InChI=1S/C33H33N/c1-20-14-28-26-7-5-4-6-23(26)17-29(28)30(15-20)32-27-11-10-22(24-12-13-33(2,3)19-24)16-25(27)18-31(34-32)21-8-9-21/h4-7,10-11,14-16,18,21,24H,8-9,12-13,17,19H2,1-3H3. The maximum atomic E-state index is 5.36. The molecule has 1 atom stereocenters. The van der Waals surface area contributed by atoms with Gasteiger partial charge in [-0.2, -0.15) is 0 Å². The molecule has 2 fully saturated rings. The first kappa shape index (κ1) is 20.4. The highest BCUT2D eigenvalue weighted by Crippen LogP contribution is 2.48. The Morgan fingerprint density at radius 3 is 2.44 bits per heavy atom. The lowest BCUT2D eigenvalue weighted by Gasteiger charge is -2.18. The van der Waals surface area contributed by atoms with E-state index >= 15 is 0 Å². The van der Waals surface area contributed by atoms with Crippen LogP contribution in [0.25, 0.3) is 33.2 Å². The van der Waals surface area contributed by atoms with Gasteiger partial charge in [0.2, 0.25) is 0 Å². The van der Waals surface area contributed by atoms with Crippen molar-refractivity contribution in [3.8, 4) is 22.4 Å². The summed E-state index contributed by atoms with van der Waals surface area (Å²) < 4.78 is 0. The number of pyridine rings is 1. The Balaban J connectivity index is 1.42. The molecule has 1 aromatic heterocycles. The van der Waals surface area contributed by atoms with E-state index in [9.17, 15) is 0 Å². The molecule has 170 valence electrons. The number of aryl methyl sites for hydroxylation is 1. The van der Waals surface area contributed by atoms with Crippen molar-refractivity contribution in [2.45, 2.75) is 71.1 Å². The first-order chi connectivity index (χ1) is 16.4. The monoisotopic (exact) mass is 443 g/mol. The summed E-state index contributed by atoms with van der Waals surface area (Å²) in [6.45, 7) is 7.09. The number of hydrogen-bond donors (Lipinski definition) is 0. The van der Waals surface area contributed by atoms with Crippen LogP contribution >= 0.6 is 0 Å². The number of nitrogens with zero attached hydrogens (tertiary/aromatic N) is 1. The van der Waals surface area contributed by atoms with Gasteiger partial charge in [0.1, 0.15) is 0 Å². The lowest BCUT2D eigenvalue weighted by Crippen LogP contribution is -2.04. The van der Waals surface area contributed by atoms with Crippen LogP contribution in [0.15, 0.2) is 60.7 Å². The summed E-state index contributed by atoms with van der Waals surface area (Å²) in [5.41, 5.74) is 12.9. The first-order valence-electron chi connectivity index (χ1n) is 13.1. The molecule has 2 saturated carbocycles. The molecule has 1 nitrogen and oxygen atoms in total. The summed E-state index contributed by atoms with van der Waals surface area (Å²) in [5, 5.41) is 2.70. The minimum atomic E-state index is 0.472. The zero-order valence-corrected chi connectivity index (χ0v) is 20.6. The van der Waals surface area contributed by atoms with Crippen LogP contribution in [0.1, 0.15) is 85.7 Å². The van der Waals surface area contributed by atoms with E-state index < -0.39 is 0 Å². The summed E-state index contributed by atoms with van der Waals surface area (Å²) in [6, 6.07) is 23.4. The number of rotatable bonds is 3. The normalized spacial score (nSPS) is 20.5. The minimum absolute atomic E-state index is 0.472. The van der Waals surface area contributed by atoms with Crippen LogP contribution in [0.4, 0.5) is 0 Å². The van der Waals surface area contributed by atoms with Crippen molar-refractivity contribution in [3.63, 3.8) is 0 Å². The van der Waals surface area contributed by atoms with Crippen LogP contribution < -0.4 is 0 Å². The van der Waals surface area contributed by atoms with Gasteiger partial charge in [0, 0.05) is 22.6 Å². The van der Waals surface area contributed by atoms with E-state index in [-0.39, 0.29) is 0 Å². The van der Waals surface area contributed by atoms with Crippen molar-refractivity contribution in [1.82, 2.24) is 4.98 Å². The molecule has 3 aliphatic carbocycles. The van der Waals surface area contributed by atoms with Crippen LogP contribution in [0, 0.1) is 12.3 Å². The summed E-state index contributed by atoms with van der Waals surface area (Å²) in [5.74, 6) is 1.34. The van der Waals surface area contributed by atoms with Gasteiger partial charge >= 0.3 is 0 Å². The van der Waals surface area contributed by atoms with Gasteiger partial charge in [-0.15, -0.1) is 0 Å².